The smallest absolute Gasteiger partial charge is 0.205 e. The molecule has 2 aromatic carbocycles. The van der Waals surface area contributed by atoms with Gasteiger partial charge in [-0.15, -0.1) is 0 Å². The van der Waals surface area contributed by atoms with E-state index in [-0.39, 0.29) is 22.5 Å². The summed E-state index contributed by atoms with van der Waals surface area (Å²) in [6.07, 6.45) is 3.31. The standard InChI is InChI=1S/C16H16FN3.C16H20FN3/c1-16(2,12-4-6-13(17)7-5-12)11-20-15-9-8-14(18-3)10-19-15;1-16(2,13-4-6-14(17)7-5-13)11-20-15-8-3-12(9-18)10-19-15/h4-10H,11H2,1-2H3,(H,19,20);3-8,10H,9,11,18H2,1-2H3,(H,19,20). The molecule has 0 spiro atoms. The Morgan fingerprint density at radius 1 is 0.700 bits per heavy atom. The molecular formula is C32H36F2N6. The van der Waals surface area contributed by atoms with E-state index in [2.05, 4.69) is 53.1 Å². The minimum atomic E-state index is -0.228. The molecule has 0 aliphatic rings. The van der Waals surface area contributed by atoms with Crippen LogP contribution in [0.3, 0.4) is 0 Å². The monoisotopic (exact) mass is 542 g/mol. The van der Waals surface area contributed by atoms with Crippen molar-refractivity contribution in [1.82, 2.24) is 9.97 Å². The van der Waals surface area contributed by atoms with Crippen molar-refractivity contribution in [2.24, 2.45) is 5.73 Å². The first kappa shape index (κ1) is 30.2. The van der Waals surface area contributed by atoms with Gasteiger partial charge < -0.3 is 16.4 Å². The molecule has 0 fully saturated rings. The zero-order valence-electron chi connectivity index (χ0n) is 23.4. The molecule has 40 heavy (non-hydrogen) atoms. The fraction of sp³-hybridized carbons (Fsp3) is 0.281. The van der Waals surface area contributed by atoms with E-state index in [9.17, 15) is 8.78 Å². The summed E-state index contributed by atoms with van der Waals surface area (Å²) in [4.78, 5) is 11.8. The number of nitrogens with zero attached hydrogens (tertiary/aromatic N) is 3. The van der Waals surface area contributed by atoms with Gasteiger partial charge in [-0.3, -0.25) is 4.98 Å². The van der Waals surface area contributed by atoms with Crippen molar-refractivity contribution in [1.29, 1.82) is 0 Å². The number of rotatable bonds is 9. The van der Waals surface area contributed by atoms with Crippen molar-refractivity contribution in [2.75, 3.05) is 23.7 Å². The molecule has 0 radical (unpaired) electrons. The average Bonchev–Trinajstić information content (AvgIpc) is 2.96. The van der Waals surface area contributed by atoms with Gasteiger partial charge in [-0.05, 0) is 53.1 Å². The Morgan fingerprint density at radius 2 is 1.15 bits per heavy atom. The minimum absolute atomic E-state index is 0.109. The van der Waals surface area contributed by atoms with Gasteiger partial charge in [-0.2, -0.15) is 0 Å². The Labute approximate surface area is 235 Å². The van der Waals surface area contributed by atoms with Gasteiger partial charge in [0.15, 0.2) is 0 Å². The Bertz CT molecular complexity index is 1380. The fourth-order valence-corrected chi connectivity index (χ4v) is 3.84. The molecule has 0 aliphatic heterocycles. The topological polar surface area (TPSA) is 80.2 Å². The van der Waals surface area contributed by atoms with Gasteiger partial charge in [0.1, 0.15) is 23.3 Å². The highest BCUT2D eigenvalue weighted by atomic mass is 19.1. The molecule has 0 atom stereocenters. The SMILES string of the molecule is CC(C)(CNc1ccc(CN)cn1)c1ccc(F)cc1.[C-]#[N+]c1ccc(NCC(C)(C)c2ccc(F)cc2)nc1. The third-order valence-electron chi connectivity index (χ3n) is 6.61. The van der Waals surface area contributed by atoms with E-state index in [4.69, 9.17) is 12.3 Å². The van der Waals surface area contributed by atoms with Gasteiger partial charge in [0.2, 0.25) is 5.69 Å². The first-order valence-corrected chi connectivity index (χ1v) is 13.0. The number of hydrogen-bond donors (Lipinski definition) is 3. The van der Waals surface area contributed by atoms with Gasteiger partial charge in [0, 0.05) is 42.9 Å². The van der Waals surface area contributed by atoms with Crippen LogP contribution in [0.15, 0.2) is 85.2 Å². The Hall–Kier alpha value is -4.35. The number of benzene rings is 2. The van der Waals surface area contributed by atoms with Gasteiger partial charge in [-0.1, -0.05) is 64.1 Å². The zero-order valence-corrected chi connectivity index (χ0v) is 23.4. The van der Waals surface area contributed by atoms with Crippen molar-refractivity contribution >= 4 is 17.3 Å². The van der Waals surface area contributed by atoms with Crippen LogP contribution in [-0.4, -0.2) is 23.1 Å². The Kier molecular flexibility index (Phi) is 10.3. The van der Waals surface area contributed by atoms with Gasteiger partial charge >= 0.3 is 0 Å². The Balaban J connectivity index is 0.000000220. The van der Waals surface area contributed by atoms with E-state index < -0.39 is 0 Å². The molecule has 0 saturated carbocycles. The fourth-order valence-electron chi connectivity index (χ4n) is 3.84. The number of pyridine rings is 2. The minimum Gasteiger partial charge on any atom is -0.369 e. The normalized spacial score (nSPS) is 11.2. The summed E-state index contributed by atoms with van der Waals surface area (Å²) in [5.41, 5.74) is 8.96. The highest BCUT2D eigenvalue weighted by molar-refractivity contribution is 5.48. The van der Waals surface area contributed by atoms with Crippen LogP contribution in [0.4, 0.5) is 26.1 Å². The molecule has 4 N–H and O–H groups in total. The number of aromatic nitrogens is 2. The molecule has 6 nitrogen and oxygen atoms in total. The van der Waals surface area contributed by atoms with E-state index in [0.717, 1.165) is 28.3 Å². The first-order valence-electron chi connectivity index (χ1n) is 13.0. The lowest BCUT2D eigenvalue weighted by molar-refractivity contribution is 0.552. The van der Waals surface area contributed by atoms with Crippen LogP contribution >= 0.6 is 0 Å². The summed E-state index contributed by atoms with van der Waals surface area (Å²) in [5, 5.41) is 6.55. The molecule has 0 unspecified atom stereocenters. The molecule has 0 bridgehead atoms. The summed E-state index contributed by atoms with van der Waals surface area (Å²) in [7, 11) is 0. The molecule has 8 heteroatoms. The molecule has 0 aliphatic carbocycles. The molecule has 4 rings (SSSR count). The number of anilines is 2. The second-order valence-electron chi connectivity index (χ2n) is 10.8. The second-order valence-corrected chi connectivity index (χ2v) is 10.8. The maximum atomic E-state index is 13.0. The van der Waals surface area contributed by atoms with Crippen LogP contribution in [-0.2, 0) is 17.4 Å². The molecule has 0 amide bonds. The summed E-state index contributed by atoms with van der Waals surface area (Å²) in [6, 6.07) is 20.6. The zero-order chi connectivity index (χ0) is 29.2. The molecular weight excluding hydrogens is 506 g/mol. The van der Waals surface area contributed by atoms with Gasteiger partial charge in [-0.25, -0.2) is 18.6 Å². The molecule has 208 valence electrons. The van der Waals surface area contributed by atoms with Crippen molar-refractivity contribution < 1.29 is 8.78 Å². The quantitative estimate of drug-likeness (QED) is 0.194. The lowest BCUT2D eigenvalue weighted by Crippen LogP contribution is -2.27. The molecule has 4 aromatic rings. The maximum absolute atomic E-state index is 13.0. The number of nitrogens with one attached hydrogen (secondary N) is 2. The van der Waals surface area contributed by atoms with E-state index in [0.29, 0.717) is 25.3 Å². The van der Waals surface area contributed by atoms with E-state index in [1.54, 1.807) is 36.7 Å². The lowest BCUT2D eigenvalue weighted by Gasteiger charge is -2.26. The van der Waals surface area contributed by atoms with Gasteiger partial charge in [0.25, 0.3) is 0 Å². The van der Waals surface area contributed by atoms with Crippen LogP contribution in [0.2, 0.25) is 0 Å². The number of halogens is 2. The summed E-state index contributed by atoms with van der Waals surface area (Å²) in [6.45, 7) is 17.2. The highest BCUT2D eigenvalue weighted by Gasteiger charge is 2.21. The lowest BCUT2D eigenvalue weighted by atomic mass is 9.84. The van der Waals surface area contributed by atoms with Crippen LogP contribution in [0.5, 0.6) is 0 Å². The predicted molar refractivity (Wildman–Crippen MR) is 158 cm³/mol. The highest BCUT2D eigenvalue weighted by Crippen LogP contribution is 2.25. The summed E-state index contributed by atoms with van der Waals surface area (Å²) >= 11 is 0. The van der Waals surface area contributed by atoms with E-state index in [1.807, 2.05) is 24.3 Å². The third kappa shape index (κ3) is 8.85. The molecule has 2 heterocycles. The van der Waals surface area contributed by atoms with Crippen molar-refractivity contribution in [3.8, 4) is 0 Å². The van der Waals surface area contributed by atoms with E-state index in [1.165, 1.54) is 24.3 Å². The van der Waals surface area contributed by atoms with Crippen molar-refractivity contribution in [3.63, 3.8) is 0 Å². The Morgan fingerprint density at radius 3 is 1.50 bits per heavy atom. The van der Waals surface area contributed by atoms with Crippen LogP contribution in [0.25, 0.3) is 4.85 Å². The van der Waals surface area contributed by atoms with Crippen LogP contribution < -0.4 is 16.4 Å². The predicted octanol–water partition coefficient (Wildman–Crippen LogP) is 7.23. The largest absolute Gasteiger partial charge is 0.369 e. The number of nitrogens with two attached hydrogens (primary N) is 1. The van der Waals surface area contributed by atoms with Crippen LogP contribution in [0, 0.1) is 18.2 Å². The summed E-state index contributed by atoms with van der Waals surface area (Å²) < 4.78 is 25.9. The first-order chi connectivity index (χ1) is 19.0. The van der Waals surface area contributed by atoms with E-state index >= 15 is 0 Å². The number of hydrogen-bond acceptors (Lipinski definition) is 5. The van der Waals surface area contributed by atoms with Gasteiger partial charge in [0.05, 0.1) is 6.57 Å². The van der Waals surface area contributed by atoms with Crippen molar-refractivity contribution in [2.45, 2.75) is 45.1 Å². The summed E-state index contributed by atoms with van der Waals surface area (Å²) in [5.74, 6) is 1.11. The van der Waals surface area contributed by atoms with Crippen LogP contribution in [0.1, 0.15) is 44.4 Å². The average molecular weight is 543 g/mol. The molecule has 0 saturated heterocycles. The van der Waals surface area contributed by atoms with Crippen molar-refractivity contribution in [3.05, 3.63) is 125 Å². The second kappa shape index (κ2) is 13.6. The third-order valence-corrected chi connectivity index (χ3v) is 6.61. The maximum Gasteiger partial charge on any atom is 0.205 e. The molecule has 2 aromatic heterocycles.